The summed E-state index contributed by atoms with van der Waals surface area (Å²) < 4.78 is 14.3. The van der Waals surface area contributed by atoms with Crippen LogP contribution in [0.1, 0.15) is 46.1 Å². The fourth-order valence-electron chi connectivity index (χ4n) is 4.12. The maximum Gasteiger partial charge on any atom is 0.226 e. The Labute approximate surface area is 167 Å². The number of benzene rings is 1. The molecule has 4 nitrogen and oxygen atoms in total. The van der Waals surface area contributed by atoms with Crippen LogP contribution in [0.3, 0.4) is 0 Å². The number of nitrogens with one attached hydrogen (secondary N) is 1. The second kappa shape index (κ2) is 8.63. The standard InChI is InChI=1S/C23H30FN3O/c1-7-25-21(28)23(6)14-13-18(22(23,4)5)16(3)15-20(27-26-8-2)17-11-9-10-12-19(17)24/h8-12,15,18H,2-3,7,13-14H2,1,4-6H3,(H,25,28)/b20-15-,27-26-/t18-,23?/m0/s1. The van der Waals surface area contributed by atoms with Gasteiger partial charge in [-0.05, 0) is 54.9 Å². The zero-order chi connectivity index (χ0) is 20.9. The lowest BCUT2D eigenvalue weighted by Crippen LogP contribution is -2.47. The van der Waals surface area contributed by atoms with E-state index in [1.165, 1.54) is 12.3 Å². The topological polar surface area (TPSA) is 53.8 Å². The van der Waals surface area contributed by atoms with Gasteiger partial charge in [-0.1, -0.05) is 46.1 Å². The van der Waals surface area contributed by atoms with E-state index < -0.39 is 5.41 Å². The minimum absolute atomic E-state index is 0.0694. The van der Waals surface area contributed by atoms with Gasteiger partial charge in [-0.2, -0.15) is 10.2 Å². The molecule has 0 heterocycles. The molecule has 0 aromatic heterocycles. The molecule has 0 saturated heterocycles. The number of hydrogen-bond donors (Lipinski definition) is 1. The third kappa shape index (κ3) is 3.98. The quantitative estimate of drug-likeness (QED) is 0.463. The highest BCUT2D eigenvalue weighted by atomic mass is 19.1. The first-order valence-electron chi connectivity index (χ1n) is 9.64. The number of carbonyl (C=O) groups excluding carboxylic acids is 1. The molecule has 1 amide bonds. The van der Waals surface area contributed by atoms with Crippen molar-refractivity contribution >= 4 is 11.6 Å². The molecule has 2 atom stereocenters. The normalized spacial score (nSPS) is 24.3. The van der Waals surface area contributed by atoms with Crippen LogP contribution in [0.15, 0.2) is 65.5 Å². The number of rotatable bonds is 7. The molecule has 1 aromatic carbocycles. The Kier molecular flexibility index (Phi) is 6.70. The van der Waals surface area contributed by atoms with Gasteiger partial charge < -0.3 is 5.32 Å². The summed E-state index contributed by atoms with van der Waals surface area (Å²) in [4.78, 5) is 12.7. The van der Waals surface area contributed by atoms with E-state index in [0.717, 1.165) is 18.4 Å². The third-order valence-electron chi connectivity index (χ3n) is 6.23. The monoisotopic (exact) mass is 383 g/mol. The van der Waals surface area contributed by atoms with Gasteiger partial charge in [0.15, 0.2) is 0 Å². The molecule has 5 heteroatoms. The van der Waals surface area contributed by atoms with Gasteiger partial charge in [0.1, 0.15) is 5.82 Å². The molecule has 0 aliphatic heterocycles. The summed E-state index contributed by atoms with van der Waals surface area (Å²) in [7, 11) is 0. The van der Waals surface area contributed by atoms with E-state index in [0.29, 0.717) is 17.8 Å². The Morgan fingerprint density at radius 3 is 2.64 bits per heavy atom. The van der Waals surface area contributed by atoms with E-state index in [1.54, 1.807) is 24.3 Å². The van der Waals surface area contributed by atoms with Gasteiger partial charge in [-0.15, -0.1) is 0 Å². The lowest BCUT2D eigenvalue weighted by molar-refractivity contribution is -0.135. The smallest absolute Gasteiger partial charge is 0.226 e. The number of carbonyl (C=O) groups is 1. The van der Waals surface area contributed by atoms with Crippen molar-refractivity contribution in [1.29, 1.82) is 0 Å². The summed E-state index contributed by atoms with van der Waals surface area (Å²) in [5.74, 6) is -0.233. The van der Waals surface area contributed by atoms with E-state index in [4.69, 9.17) is 0 Å². The molecule has 1 saturated carbocycles. The molecule has 1 N–H and O–H groups in total. The van der Waals surface area contributed by atoms with Crippen LogP contribution in [0.25, 0.3) is 5.70 Å². The Bertz CT molecular complexity index is 825. The first-order valence-corrected chi connectivity index (χ1v) is 9.64. The van der Waals surface area contributed by atoms with Crippen LogP contribution >= 0.6 is 0 Å². The molecule has 1 aromatic rings. The summed E-state index contributed by atoms with van der Waals surface area (Å²) in [6.07, 6.45) is 4.69. The van der Waals surface area contributed by atoms with Gasteiger partial charge in [-0.25, -0.2) is 4.39 Å². The Hall–Kier alpha value is -2.56. The molecule has 1 fully saturated rings. The molecule has 2 rings (SSSR count). The molecule has 1 aliphatic rings. The Morgan fingerprint density at radius 1 is 1.36 bits per heavy atom. The molecule has 0 radical (unpaired) electrons. The molecular weight excluding hydrogens is 353 g/mol. The van der Waals surface area contributed by atoms with Gasteiger partial charge in [0.2, 0.25) is 5.91 Å². The second-order valence-corrected chi connectivity index (χ2v) is 7.99. The van der Waals surface area contributed by atoms with Gasteiger partial charge in [0.05, 0.1) is 11.1 Å². The molecule has 1 unspecified atom stereocenters. The summed E-state index contributed by atoms with van der Waals surface area (Å²) in [5, 5.41) is 10.9. The minimum Gasteiger partial charge on any atom is -0.356 e. The molecule has 28 heavy (non-hydrogen) atoms. The van der Waals surface area contributed by atoms with E-state index >= 15 is 0 Å². The first-order chi connectivity index (χ1) is 13.2. The van der Waals surface area contributed by atoms with Crippen LogP contribution in [0.4, 0.5) is 4.39 Å². The maximum absolute atomic E-state index is 14.3. The van der Waals surface area contributed by atoms with Gasteiger partial charge >= 0.3 is 0 Å². The summed E-state index contributed by atoms with van der Waals surface area (Å²) in [5.41, 5.74) is 0.766. The molecular formula is C23H30FN3O. The lowest BCUT2D eigenvalue weighted by atomic mass is 9.63. The summed E-state index contributed by atoms with van der Waals surface area (Å²) in [6, 6.07) is 6.44. The number of halogens is 1. The maximum atomic E-state index is 14.3. The minimum atomic E-state index is -0.495. The largest absolute Gasteiger partial charge is 0.356 e. The number of allylic oxidation sites excluding steroid dienone is 2. The summed E-state index contributed by atoms with van der Waals surface area (Å²) >= 11 is 0. The van der Waals surface area contributed by atoms with Crippen molar-refractivity contribution in [3.05, 3.63) is 66.7 Å². The van der Waals surface area contributed by atoms with Crippen LogP contribution < -0.4 is 5.32 Å². The fraction of sp³-hybridized carbons (Fsp3) is 0.435. The number of hydrogen-bond acceptors (Lipinski definition) is 3. The highest BCUT2D eigenvalue weighted by Gasteiger charge is 2.55. The Morgan fingerprint density at radius 2 is 2.04 bits per heavy atom. The van der Waals surface area contributed by atoms with Gasteiger partial charge in [-0.3, -0.25) is 4.79 Å². The highest BCUT2D eigenvalue weighted by molar-refractivity contribution is 5.83. The third-order valence-corrected chi connectivity index (χ3v) is 6.23. The average Bonchev–Trinajstić information content (AvgIpc) is 2.90. The van der Waals surface area contributed by atoms with Crippen molar-refractivity contribution in [2.45, 2.75) is 40.5 Å². The van der Waals surface area contributed by atoms with Crippen LogP contribution in [0.2, 0.25) is 0 Å². The van der Waals surface area contributed by atoms with Gasteiger partial charge in [0, 0.05) is 18.3 Å². The van der Waals surface area contributed by atoms with Gasteiger partial charge in [0.25, 0.3) is 0 Å². The van der Waals surface area contributed by atoms with Crippen molar-refractivity contribution in [2.75, 3.05) is 6.54 Å². The van der Waals surface area contributed by atoms with Crippen molar-refractivity contribution in [2.24, 2.45) is 27.0 Å². The first kappa shape index (κ1) is 21.7. The molecule has 0 spiro atoms. The lowest BCUT2D eigenvalue weighted by Gasteiger charge is -2.40. The zero-order valence-corrected chi connectivity index (χ0v) is 17.3. The van der Waals surface area contributed by atoms with E-state index in [1.807, 2.05) is 13.8 Å². The predicted octanol–water partition coefficient (Wildman–Crippen LogP) is 5.90. The van der Waals surface area contributed by atoms with Crippen molar-refractivity contribution in [3.8, 4) is 0 Å². The molecule has 150 valence electrons. The van der Waals surface area contributed by atoms with Crippen LogP contribution in [-0.2, 0) is 4.79 Å². The summed E-state index contributed by atoms with van der Waals surface area (Å²) in [6.45, 7) is 16.5. The highest BCUT2D eigenvalue weighted by Crippen LogP contribution is 2.58. The van der Waals surface area contributed by atoms with E-state index in [-0.39, 0.29) is 23.1 Å². The van der Waals surface area contributed by atoms with Crippen molar-refractivity contribution < 1.29 is 9.18 Å². The van der Waals surface area contributed by atoms with Crippen LogP contribution in [-0.4, -0.2) is 12.5 Å². The number of nitrogens with zero attached hydrogens (tertiary/aromatic N) is 2. The van der Waals surface area contributed by atoms with E-state index in [2.05, 4.69) is 42.6 Å². The number of azo groups is 1. The van der Waals surface area contributed by atoms with Crippen LogP contribution in [0.5, 0.6) is 0 Å². The second-order valence-electron chi connectivity index (χ2n) is 7.99. The SMILES string of the molecule is C=C/N=N\C(=C/C(=C)[C@@H]1CCC(C)(C(=O)NCC)C1(C)C)c1ccccc1F. The predicted molar refractivity (Wildman–Crippen MR) is 112 cm³/mol. The molecule has 0 bridgehead atoms. The number of amides is 1. The molecule has 1 aliphatic carbocycles. The van der Waals surface area contributed by atoms with E-state index in [9.17, 15) is 9.18 Å². The zero-order valence-electron chi connectivity index (χ0n) is 17.3. The average molecular weight is 384 g/mol. The fourth-order valence-corrected chi connectivity index (χ4v) is 4.12. The van der Waals surface area contributed by atoms with Crippen molar-refractivity contribution in [3.63, 3.8) is 0 Å². The van der Waals surface area contributed by atoms with Crippen molar-refractivity contribution in [1.82, 2.24) is 5.32 Å². The Balaban J connectivity index is 2.40. The van der Waals surface area contributed by atoms with Crippen LogP contribution in [0, 0.1) is 22.6 Å².